The van der Waals surface area contributed by atoms with Gasteiger partial charge in [0.25, 0.3) is 6.71 Å². The fourth-order valence-electron chi connectivity index (χ4n) is 7.97. The number of nitrogens with zero attached hydrogens (tertiary/aromatic N) is 2. The Labute approximate surface area is 269 Å². The zero-order chi connectivity index (χ0) is 30.7. The number of hydrogen-bond acceptors (Lipinski definition) is 5. The van der Waals surface area contributed by atoms with Crippen LogP contribution in [0.15, 0.2) is 109 Å². The second-order valence-corrected chi connectivity index (χ2v) is 13.1. The molecule has 2 aromatic heterocycles. The summed E-state index contributed by atoms with van der Waals surface area (Å²) in [6.45, 7) is 0.00530. The van der Waals surface area contributed by atoms with Crippen molar-refractivity contribution in [1.82, 2.24) is 4.57 Å². The van der Waals surface area contributed by atoms with Crippen molar-refractivity contribution in [2.75, 3.05) is 26.2 Å². The Morgan fingerprint density at radius 3 is 2.15 bits per heavy atom. The number of anilines is 3. The Hall–Kier alpha value is -5.40. The Morgan fingerprint density at radius 1 is 0.565 bits per heavy atom. The number of ether oxygens (including phenoxy) is 3. The van der Waals surface area contributed by atoms with Gasteiger partial charge < -0.3 is 23.7 Å². The van der Waals surface area contributed by atoms with Gasteiger partial charge in [0.05, 0.1) is 26.8 Å². The van der Waals surface area contributed by atoms with Crippen LogP contribution in [0.1, 0.15) is 0 Å². The van der Waals surface area contributed by atoms with Gasteiger partial charge in [-0.15, -0.1) is 11.3 Å². The van der Waals surface area contributed by atoms with E-state index in [1.165, 1.54) is 58.4 Å². The molecule has 0 amide bonds. The molecule has 46 heavy (non-hydrogen) atoms. The average molecular weight is 615 g/mol. The third-order valence-corrected chi connectivity index (χ3v) is 11.0. The van der Waals surface area contributed by atoms with Gasteiger partial charge in [-0.2, -0.15) is 0 Å². The highest BCUT2D eigenvalue weighted by Crippen LogP contribution is 2.46. The molecule has 0 radical (unpaired) electrons. The number of fused-ring (bicyclic) bond motifs is 11. The summed E-state index contributed by atoms with van der Waals surface area (Å²) in [5, 5.41) is 5.22. The SMILES string of the molecule is COc1ccc(N2c3ccc(OC)cc3B3c4c2cc(OC)cc4-n2c4ccc5sc6ccccc6c5c4c4cccc3c42)cc1. The Balaban J connectivity index is 1.39. The van der Waals surface area contributed by atoms with Crippen LogP contribution in [0.3, 0.4) is 0 Å². The van der Waals surface area contributed by atoms with Crippen LogP contribution in [0.2, 0.25) is 0 Å². The molecule has 5 nitrogen and oxygen atoms in total. The highest BCUT2D eigenvalue weighted by Gasteiger charge is 2.42. The molecule has 8 aromatic rings. The van der Waals surface area contributed by atoms with Gasteiger partial charge in [0.2, 0.25) is 0 Å². The number of methoxy groups -OCH3 is 3. The first kappa shape index (κ1) is 25.9. The lowest BCUT2D eigenvalue weighted by Crippen LogP contribution is -2.60. The maximum Gasteiger partial charge on any atom is 0.252 e. The fourth-order valence-corrected chi connectivity index (χ4v) is 9.09. The van der Waals surface area contributed by atoms with E-state index >= 15 is 0 Å². The second kappa shape index (κ2) is 9.31. The lowest BCUT2D eigenvalue weighted by Gasteiger charge is -2.40. The zero-order valence-corrected chi connectivity index (χ0v) is 26.3. The molecule has 0 N–H and O–H groups in total. The van der Waals surface area contributed by atoms with Gasteiger partial charge in [-0.05, 0) is 77.1 Å². The van der Waals surface area contributed by atoms with Gasteiger partial charge >= 0.3 is 0 Å². The average Bonchev–Trinajstić information content (AvgIpc) is 3.66. The Bertz CT molecular complexity index is 2570. The number of thiophene rings is 1. The van der Waals surface area contributed by atoms with Crippen molar-refractivity contribution < 1.29 is 14.2 Å². The molecule has 0 fully saturated rings. The molecular formula is C39H27BN2O3S. The van der Waals surface area contributed by atoms with Crippen molar-refractivity contribution in [2.45, 2.75) is 0 Å². The summed E-state index contributed by atoms with van der Waals surface area (Å²) in [5.41, 5.74) is 10.6. The van der Waals surface area contributed by atoms with Crippen LogP contribution in [0.4, 0.5) is 17.1 Å². The molecule has 0 spiro atoms. The van der Waals surface area contributed by atoms with Crippen LogP contribution in [0, 0.1) is 0 Å². The van der Waals surface area contributed by atoms with Crippen molar-refractivity contribution in [1.29, 1.82) is 0 Å². The summed E-state index contributed by atoms with van der Waals surface area (Å²) in [6.07, 6.45) is 0. The fraction of sp³-hybridized carbons (Fsp3) is 0.0769. The monoisotopic (exact) mass is 614 g/mol. The molecule has 0 bridgehead atoms. The number of aromatic nitrogens is 1. The van der Waals surface area contributed by atoms with Gasteiger partial charge in [0.15, 0.2) is 0 Å². The summed E-state index contributed by atoms with van der Waals surface area (Å²) < 4.78 is 22.5. The first-order chi connectivity index (χ1) is 22.7. The molecule has 10 rings (SSSR count). The zero-order valence-electron chi connectivity index (χ0n) is 25.5. The van der Waals surface area contributed by atoms with Crippen LogP contribution >= 0.6 is 11.3 Å². The van der Waals surface area contributed by atoms with Crippen LogP contribution in [0.5, 0.6) is 17.2 Å². The Morgan fingerprint density at radius 2 is 1.33 bits per heavy atom. The third-order valence-electron chi connectivity index (χ3n) is 9.87. The molecule has 0 aliphatic carbocycles. The van der Waals surface area contributed by atoms with E-state index in [0.717, 1.165) is 40.0 Å². The smallest absolute Gasteiger partial charge is 0.252 e. The van der Waals surface area contributed by atoms with Gasteiger partial charge in [0, 0.05) is 71.3 Å². The molecule has 4 heterocycles. The number of hydrogen-bond donors (Lipinski definition) is 0. The summed E-state index contributed by atoms with van der Waals surface area (Å²) in [5.74, 6) is 2.49. The molecule has 0 atom stereocenters. The minimum Gasteiger partial charge on any atom is -0.497 e. The summed E-state index contributed by atoms with van der Waals surface area (Å²) in [7, 11) is 5.20. The molecule has 0 saturated heterocycles. The van der Waals surface area contributed by atoms with E-state index in [1.54, 1.807) is 21.3 Å². The van der Waals surface area contributed by atoms with Crippen LogP contribution in [-0.4, -0.2) is 32.6 Å². The van der Waals surface area contributed by atoms with Crippen LogP contribution < -0.4 is 35.5 Å². The minimum absolute atomic E-state index is 0.00530. The molecule has 7 heteroatoms. The maximum absolute atomic E-state index is 6.04. The summed E-state index contributed by atoms with van der Waals surface area (Å²) >= 11 is 1.87. The highest BCUT2D eigenvalue weighted by atomic mass is 32.1. The first-order valence-corrected chi connectivity index (χ1v) is 16.2. The van der Waals surface area contributed by atoms with Crippen LogP contribution in [0.25, 0.3) is 47.7 Å². The van der Waals surface area contributed by atoms with E-state index < -0.39 is 0 Å². The minimum atomic E-state index is 0.00530. The predicted molar refractivity (Wildman–Crippen MR) is 193 cm³/mol. The maximum atomic E-state index is 6.04. The lowest BCUT2D eigenvalue weighted by molar-refractivity contribution is 0.414. The number of rotatable bonds is 4. The topological polar surface area (TPSA) is 35.9 Å². The van der Waals surface area contributed by atoms with Gasteiger partial charge in [-0.3, -0.25) is 0 Å². The van der Waals surface area contributed by atoms with Crippen molar-refractivity contribution in [3.05, 3.63) is 109 Å². The quantitative estimate of drug-likeness (QED) is 0.190. The lowest BCUT2D eigenvalue weighted by atomic mass is 9.34. The van der Waals surface area contributed by atoms with Crippen LogP contribution in [-0.2, 0) is 0 Å². The third kappa shape index (κ3) is 3.25. The van der Waals surface area contributed by atoms with E-state index in [9.17, 15) is 0 Å². The summed E-state index contributed by atoms with van der Waals surface area (Å²) in [6, 6.07) is 39.4. The van der Waals surface area contributed by atoms with E-state index in [1.807, 2.05) is 23.5 Å². The van der Waals surface area contributed by atoms with E-state index in [-0.39, 0.29) is 6.71 Å². The van der Waals surface area contributed by atoms with Crippen molar-refractivity contribution in [3.8, 4) is 22.9 Å². The van der Waals surface area contributed by atoms with Gasteiger partial charge in [-0.1, -0.05) is 36.4 Å². The van der Waals surface area contributed by atoms with Crippen molar-refractivity contribution in [2.24, 2.45) is 0 Å². The standard InChI is InChI=1S/C39H27BN2O3S/c1-43-23-13-11-22(12-14-23)41-30-16-15-24(44-2)19-29(30)40-28-9-6-8-27-36-31(17-18-35-37(36)26-7-4-5-10-34(26)46-35)42(39(27)28)33-21-25(45-3)20-32(41)38(33)40/h4-21H,1-3H3. The number of benzene rings is 6. The first-order valence-electron chi connectivity index (χ1n) is 15.4. The number of para-hydroxylation sites is 1. The van der Waals surface area contributed by atoms with E-state index in [4.69, 9.17) is 14.2 Å². The molecular weight excluding hydrogens is 587 g/mol. The van der Waals surface area contributed by atoms with Crippen molar-refractivity contribution >= 4 is 93.5 Å². The van der Waals surface area contributed by atoms with Gasteiger partial charge in [0.1, 0.15) is 17.2 Å². The van der Waals surface area contributed by atoms with E-state index in [2.05, 4.69) is 107 Å². The van der Waals surface area contributed by atoms with E-state index in [0.29, 0.717) is 0 Å². The summed E-state index contributed by atoms with van der Waals surface area (Å²) in [4.78, 5) is 2.35. The molecule has 2 aliphatic rings. The molecule has 0 saturated carbocycles. The van der Waals surface area contributed by atoms with Gasteiger partial charge in [-0.25, -0.2) is 0 Å². The second-order valence-electron chi connectivity index (χ2n) is 12.0. The highest BCUT2D eigenvalue weighted by molar-refractivity contribution is 7.26. The molecule has 0 unspecified atom stereocenters. The normalized spacial score (nSPS) is 13.0. The molecule has 2 aliphatic heterocycles. The van der Waals surface area contributed by atoms with Crippen molar-refractivity contribution in [3.63, 3.8) is 0 Å². The molecule has 6 aromatic carbocycles. The molecule has 220 valence electrons. The Kier molecular flexibility index (Phi) is 5.24. The predicted octanol–water partition coefficient (Wildman–Crippen LogP) is 7.79. The largest absolute Gasteiger partial charge is 0.497 e.